The zero-order valence-electron chi connectivity index (χ0n) is 12.8. The van der Waals surface area contributed by atoms with Gasteiger partial charge < -0.3 is 5.32 Å². The van der Waals surface area contributed by atoms with Crippen LogP contribution < -0.4 is 5.32 Å². The molecule has 0 saturated carbocycles. The molecule has 1 aliphatic rings. The predicted molar refractivity (Wildman–Crippen MR) is 92.2 cm³/mol. The number of nitrogens with one attached hydrogen (secondary N) is 1. The third-order valence-corrected chi connectivity index (χ3v) is 3.84. The van der Waals surface area contributed by atoms with Gasteiger partial charge in [-0.25, -0.2) is 4.39 Å². The lowest BCUT2D eigenvalue weighted by atomic mass is 9.95. The standard InChI is InChI=1S/C16H25FN2.2ClH/c1-13(2)6-7-16(19-10-8-18-9-11-19)14-4-3-5-15(17)12-14;;/h3-5,12-13,16,18H,6-11H2,1-2H3;2*1H/t16-;;/m1../s1. The number of piperazine rings is 1. The lowest BCUT2D eigenvalue weighted by Crippen LogP contribution is -2.45. The van der Waals surface area contributed by atoms with Crippen molar-refractivity contribution in [2.75, 3.05) is 26.2 Å². The molecule has 1 fully saturated rings. The zero-order valence-corrected chi connectivity index (χ0v) is 14.5. The van der Waals surface area contributed by atoms with Gasteiger partial charge in [-0.3, -0.25) is 4.90 Å². The fourth-order valence-electron chi connectivity index (χ4n) is 2.76. The van der Waals surface area contributed by atoms with Crippen molar-refractivity contribution < 1.29 is 4.39 Å². The van der Waals surface area contributed by atoms with Crippen LogP contribution in [0.3, 0.4) is 0 Å². The number of hydrogen-bond donors (Lipinski definition) is 1. The quantitative estimate of drug-likeness (QED) is 0.872. The Hall–Kier alpha value is -0.350. The average Bonchev–Trinajstić information content (AvgIpc) is 2.40. The van der Waals surface area contributed by atoms with Crippen molar-refractivity contribution in [1.29, 1.82) is 0 Å². The highest BCUT2D eigenvalue weighted by atomic mass is 35.5. The highest BCUT2D eigenvalue weighted by molar-refractivity contribution is 5.85. The summed E-state index contributed by atoms with van der Waals surface area (Å²) in [5, 5.41) is 3.38. The molecule has 0 unspecified atom stereocenters. The summed E-state index contributed by atoms with van der Waals surface area (Å²) in [6.45, 7) is 8.68. The maximum Gasteiger partial charge on any atom is 0.123 e. The Balaban J connectivity index is 0.00000200. The monoisotopic (exact) mass is 336 g/mol. The topological polar surface area (TPSA) is 15.3 Å². The molecule has 0 bridgehead atoms. The lowest BCUT2D eigenvalue weighted by Gasteiger charge is -2.35. The van der Waals surface area contributed by atoms with Crippen LogP contribution in [0.4, 0.5) is 4.39 Å². The smallest absolute Gasteiger partial charge is 0.123 e. The van der Waals surface area contributed by atoms with Crippen LogP contribution in [0.1, 0.15) is 38.3 Å². The van der Waals surface area contributed by atoms with E-state index in [4.69, 9.17) is 0 Å². The Morgan fingerprint density at radius 3 is 2.38 bits per heavy atom. The van der Waals surface area contributed by atoms with Gasteiger partial charge in [0.1, 0.15) is 5.82 Å². The van der Waals surface area contributed by atoms with Crippen LogP contribution in [0.5, 0.6) is 0 Å². The minimum atomic E-state index is -0.123. The van der Waals surface area contributed by atoms with Crippen LogP contribution in [-0.4, -0.2) is 31.1 Å². The first-order chi connectivity index (χ1) is 9.16. The first-order valence-electron chi connectivity index (χ1n) is 7.37. The zero-order chi connectivity index (χ0) is 13.7. The van der Waals surface area contributed by atoms with E-state index in [-0.39, 0.29) is 30.6 Å². The van der Waals surface area contributed by atoms with E-state index in [1.165, 1.54) is 12.5 Å². The van der Waals surface area contributed by atoms with Crippen molar-refractivity contribution in [2.24, 2.45) is 5.92 Å². The van der Waals surface area contributed by atoms with Crippen LogP contribution >= 0.6 is 24.8 Å². The number of nitrogens with zero attached hydrogens (tertiary/aromatic N) is 1. The Morgan fingerprint density at radius 2 is 1.81 bits per heavy atom. The minimum absolute atomic E-state index is 0. The normalized spacial score (nSPS) is 17.0. The number of halogens is 3. The van der Waals surface area contributed by atoms with Gasteiger partial charge in [0, 0.05) is 32.2 Å². The second kappa shape index (κ2) is 10.4. The number of rotatable bonds is 5. The molecule has 1 aliphatic heterocycles. The van der Waals surface area contributed by atoms with Gasteiger partial charge in [0.25, 0.3) is 0 Å². The van der Waals surface area contributed by atoms with Crippen molar-refractivity contribution in [2.45, 2.75) is 32.7 Å². The van der Waals surface area contributed by atoms with E-state index < -0.39 is 0 Å². The summed E-state index contributed by atoms with van der Waals surface area (Å²) >= 11 is 0. The Labute approximate surface area is 140 Å². The fourth-order valence-corrected chi connectivity index (χ4v) is 2.76. The molecule has 5 heteroatoms. The molecule has 2 nitrogen and oxygen atoms in total. The molecule has 1 N–H and O–H groups in total. The second-order valence-electron chi connectivity index (χ2n) is 5.83. The first-order valence-corrected chi connectivity index (χ1v) is 7.37. The molecule has 0 aliphatic carbocycles. The predicted octanol–water partition coefficient (Wildman–Crippen LogP) is 4.05. The van der Waals surface area contributed by atoms with Crippen LogP contribution in [0.2, 0.25) is 0 Å². The SMILES string of the molecule is CC(C)CC[C@H](c1cccc(F)c1)N1CCNCC1.Cl.Cl. The van der Waals surface area contributed by atoms with E-state index in [9.17, 15) is 4.39 Å². The van der Waals surface area contributed by atoms with Crippen LogP contribution in [0.15, 0.2) is 24.3 Å². The van der Waals surface area contributed by atoms with Crippen molar-refractivity contribution in [3.8, 4) is 0 Å². The van der Waals surface area contributed by atoms with E-state index in [2.05, 4.69) is 30.1 Å². The Kier molecular flexibility index (Phi) is 10.2. The summed E-state index contributed by atoms with van der Waals surface area (Å²) in [7, 11) is 0. The average molecular weight is 337 g/mol. The summed E-state index contributed by atoms with van der Waals surface area (Å²) in [6.07, 6.45) is 2.30. The summed E-state index contributed by atoms with van der Waals surface area (Å²) in [5.41, 5.74) is 1.13. The molecule has 1 heterocycles. The maximum atomic E-state index is 13.5. The molecule has 1 aromatic carbocycles. The van der Waals surface area contributed by atoms with E-state index in [0.29, 0.717) is 12.0 Å². The van der Waals surface area contributed by atoms with E-state index in [0.717, 1.165) is 38.2 Å². The van der Waals surface area contributed by atoms with Crippen molar-refractivity contribution >= 4 is 24.8 Å². The van der Waals surface area contributed by atoms with Crippen LogP contribution in [0, 0.1) is 11.7 Å². The molecule has 0 aromatic heterocycles. The first kappa shape index (κ1) is 20.6. The Morgan fingerprint density at radius 1 is 1.14 bits per heavy atom. The molecule has 0 radical (unpaired) electrons. The largest absolute Gasteiger partial charge is 0.314 e. The molecule has 0 amide bonds. The molecular formula is C16H27Cl2FN2. The summed E-state index contributed by atoms with van der Waals surface area (Å²) < 4.78 is 13.5. The van der Waals surface area contributed by atoms with Crippen LogP contribution in [-0.2, 0) is 0 Å². The van der Waals surface area contributed by atoms with E-state index in [1.54, 1.807) is 6.07 Å². The molecule has 122 valence electrons. The highest BCUT2D eigenvalue weighted by Gasteiger charge is 2.22. The lowest BCUT2D eigenvalue weighted by molar-refractivity contribution is 0.159. The van der Waals surface area contributed by atoms with Gasteiger partial charge in [0.15, 0.2) is 0 Å². The summed E-state index contributed by atoms with van der Waals surface area (Å²) in [6, 6.07) is 7.49. The molecule has 1 atom stereocenters. The van der Waals surface area contributed by atoms with Gasteiger partial charge in [-0.15, -0.1) is 24.8 Å². The van der Waals surface area contributed by atoms with Gasteiger partial charge in [0.05, 0.1) is 0 Å². The van der Waals surface area contributed by atoms with Gasteiger partial charge >= 0.3 is 0 Å². The summed E-state index contributed by atoms with van der Waals surface area (Å²) in [4.78, 5) is 2.49. The van der Waals surface area contributed by atoms with E-state index in [1.807, 2.05) is 6.07 Å². The van der Waals surface area contributed by atoms with E-state index >= 15 is 0 Å². The third-order valence-electron chi connectivity index (χ3n) is 3.84. The maximum absolute atomic E-state index is 13.5. The minimum Gasteiger partial charge on any atom is -0.314 e. The molecular weight excluding hydrogens is 310 g/mol. The third kappa shape index (κ3) is 6.52. The van der Waals surface area contributed by atoms with Gasteiger partial charge in [-0.05, 0) is 36.5 Å². The Bertz CT molecular complexity index is 396. The van der Waals surface area contributed by atoms with Crippen molar-refractivity contribution in [3.05, 3.63) is 35.6 Å². The molecule has 21 heavy (non-hydrogen) atoms. The molecule has 1 saturated heterocycles. The molecule has 1 aromatic rings. The number of hydrogen-bond acceptors (Lipinski definition) is 2. The van der Waals surface area contributed by atoms with Gasteiger partial charge in [0.2, 0.25) is 0 Å². The highest BCUT2D eigenvalue weighted by Crippen LogP contribution is 2.28. The number of benzene rings is 1. The molecule has 2 rings (SSSR count). The second-order valence-corrected chi connectivity index (χ2v) is 5.83. The van der Waals surface area contributed by atoms with Crippen molar-refractivity contribution in [3.63, 3.8) is 0 Å². The molecule has 0 spiro atoms. The van der Waals surface area contributed by atoms with Gasteiger partial charge in [-0.2, -0.15) is 0 Å². The van der Waals surface area contributed by atoms with Gasteiger partial charge in [-0.1, -0.05) is 26.0 Å². The fraction of sp³-hybridized carbons (Fsp3) is 0.625. The summed E-state index contributed by atoms with van der Waals surface area (Å²) in [5.74, 6) is 0.571. The van der Waals surface area contributed by atoms with Crippen LogP contribution in [0.25, 0.3) is 0 Å². The van der Waals surface area contributed by atoms with Crippen molar-refractivity contribution in [1.82, 2.24) is 10.2 Å².